The number of benzene rings is 2. The molecule has 0 bridgehead atoms. The molecular formula is C22H23N3O3. The van der Waals surface area contributed by atoms with Crippen molar-refractivity contribution < 1.29 is 14.3 Å². The normalized spacial score (nSPS) is 10.4. The van der Waals surface area contributed by atoms with Crippen molar-refractivity contribution in [3.63, 3.8) is 0 Å². The molecule has 144 valence electrons. The van der Waals surface area contributed by atoms with Crippen molar-refractivity contribution in [3.8, 4) is 11.5 Å². The van der Waals surface area contributed by atoms with Gasteiger partial charge in [0.05, 0.1) is 18.9 Å². The second kappa shape index (κ2) is 8.90. The van der Waals surface area contributed by atoms with Crippen molar-refractivity contribution in [1.82, 2.24) is 4.98 Å². The summed E-state index contributed by atoms with van der Waals surface area (Å²) < 4.78 is 11.0. The number of nitrogens with one attached hydrogen (secondary N) is 2. The van der Waals surface area contributed by atoms with Crippen LogP contribution < -0.4 is 20.1 Å². The molecule has 0 unspecified atom stereocenters. The molecule has 6 nitrogen and oxygen atoms in total. The Bertz CT molecular complexity index is 957. The lowest BCUT2D eigenvalue weighted by Crippen LogP contribution is -2.12. The summed E-state index contributed by atoms with van der Waals surface area (Å²) in [6.45, 7) is 3.94. The van der Waals surface area contributed by atoms with Crippen molar-refractivity contribution in [2.75, 3.05) is 17.7 Å². The van der Waals surface area contributed by atoms with E-state index in [0.717, 1.165) is 11.4 Å². The Kier molecular flexibility index (Phi) is 6.11. The topological polar surface area (TPSA) is 72.5 Å². The van der Waals surface area contributed by atoms with Crippen molar-refractivity contribution in [2.45, 2.75) is 20.0 Å². The Labute approximate surface area is 164 Å². The van der Waals surface area contributed by atoms with Crippen molar-refractivity contribution in [2.24, 2.45) is 0 Å². The maximum absolute atomic E-state index is 12.6. The molecule has 0 radical (unpaired) electrons. The number of amides is 1. The minimum absolute atomic E-state index is 0.0517. The Balaban J connectivity index is 1.76. The number of methoxy groups -OCH3 is 1. The highest BCUT2D eigenvalue weighted by atomic mass is 16.5. The van der Waals surface area contributed by atoms with Crippen LogP contribution >= 0.6 is 0 Å². The van der Waals surface area contributed by atoms with Gasteiger partial charge in [0.15, 0.2) is 0 Å². The van der Waals surface area contributed by atoms with Crippen LogP contribution in [0.1, 0.15) is 24.2 Å². The number of rotatable bonds is 7. The van der Waals surface area contributed by atoms with E-state index in [0.29, 0.717) is 22.8 Å². The van der Waals surface area contributed by atoms with Crippen molar-refractivity contribution in [3.05, 3.63) is 72.4 Å². The molecule has 0 saturated carbocycles. The molecule has 1 heterocycles. The van der Waals surface area contributed by atoms with Gasteiger partial charge in [-0.05, 0) is 50.2 Å². The highest BCUT2D eigenvalue weighted by Gasteiger charge is 2.10. The van der Waals surface area contributed by atoms with Crippen LogP contribution in [0.5, 0.6) is 11.5 Å². The molecule has 3 rings (SSSR count). The molecule has 0 saturated heterocycles. The fraction of sp³-hybridized carbons (Fsp3) is 0.182. The first kappa shape index (κ1) is 19.2. The lowest BCUT2D eigenvalue weighted by molar-refractivity contribution is 0.102. The zero-order valence-electron chi connectivity index (χ0n) is 16.1. The maximum atomic E-state index is 12.6. The molecule has 0 spiro atoms. The molecular weight excluding hydrogens is 354 g/mol. The van der Waals surface area contributed by atoms with Gasteiger partial charge in [-0.3, -0.25) is 4.79 Å². The van der Waals surface area contributed by atoms with E-state index in [4.69, 9.17) is 9.47 Å². The van der Waals surface area contributed by atoms with Gasteiger partial charge in [0.25, 0.3) is 5.91 Å². The van der Waals surface area contributed by atoms with E-state index in [1.807, 2.05) is 50.2 Å². The van der Waals surface area contributed by atoms with Gasteiger partial charge in [-0.25, -0.2) is 4.98 Å². The van der Waals surface area contributed by atoms with E-state index in [1.165, 1.54) is 0 Å². The number of nitrogens with zero attached hydrogens (tertiary/aromatic N) is 1. The van der Waals surface area contributed by atoms with Gasteiger partial charge >= 0.3 is 0 Å². The first-order chi connectivity index (χ1) is 13.5. The van der Waals surface area contributed by atoms with E-state index in [1.54, 1.807) is 37.6 Å². The minimum Gasteiger partial charge on any atom is -0.497 e. The SMILES string of the molecule is COc1cccc(NC(=O)c2ccnc(Nc3ccccc3OC(C)C)c2)c1. The molecule has 0 aliphatic rings. The molecule has 0 atom stereocenters. The smallest absolute Gasteiger partial charge is 0.255 e. The van der Waals surface area contributed by atoms with Gasteiger partial charge in [0.1, 0.15) is 17.3 Å². The van der Waals surface area contributed by atoms with Gasteiger partial charge in [-0.2, -0.15) is 0 Å². The lowest BCUT2D eigenvalue weighted by Gasteiger charge is -2.15. The van der Waals surface area contributed by atoms with Crippen LogP contribution in [0.25, 0.3) is 0 Å². The van der Waals surface area contributed by atoms with Crippen LogP contribution in [0.15, 0.2) is 66.9 Å². The summed E-state index contributed by atoms with van der Waals surface area (Å²) in [5.41, 5.74) is 1.93. The molecule has 0 aliphatic carbocycles. The predicted molar refractivity (Wildman–Crippen MR) is 111 cm³/mol. The molecule has 2 aromatic carbocycles. The minimum atomic E-state index is -0.231. The van der Waals surface area contributed by atoms with Crippen molar-refractivity contribution >= 4 is 23.1 Å². The Morgan fingerprint density at radius 3 is 2.64 bits per heavy atom. The summed E-state index contributed by atoms with van der Waals surface area (Å²) in [5.74, 6) is 1.73. The highest BCUT2D eigenvalue weighted by molar-refractivity contribution is 6.04. The molecule has 1 amide bonds. The number of pyridine rings is 1. The molecule has 0 fully saturated rings. The maximum Gasteiger partial charge on any atom is 0.255 e. The zero-order valence-corrected chi connectivity index (χ0v) is 16.1. The number of hydrogen-bond acceptors (Lipinski definition) is 5. The van der Waals surface area contributed by atoms with Crippen LogP contribution in [0.2, 0.25) is 0 Å². The fourth-order valence-corrected chi connectivity index (χ4v) is 2.61. The van der Waals surface area contributed by atoms with Gasteiger partial charge in [-0.1, -0.05) is 18.2 Å². The molecule has 2 N–H and O–H groups in total. The summed E-state index contributed by atoms with van der Waals surface area (Å²) in [6, 6.07) is 18.2. The van der Waals surface area contributed by atoms with Crippen LogP contribution in [0, 0.1) is 0 Å². The van der Waals surface area contributed by atoms with Crippen LogP contribution in [0.4, 0.5) is 17.2 Å². The molecule has 0 aliphatic heterocycles. The first-order valence-electron chi connectivity index (χ1n) is 8.99. The van der Waals surface area contributed by atoms with E-state index in [-0.39, 0.29) is 12.0 Å². The van der Waals surface area contributed by atoms with E-state index < -0.39 is 0 Å². The highest BCUT2D eigenvalue weighted by Crippen LogP contribution is 2.28. The summed E-state index contributed by atoms with van der Waals surface area (Å²) in [5, 5.41) is 6.08. The second-order valence-corrected chi connectivity index (χ2v) is 6.40. The summed E-state index contributed by atoms with van der Waals surface area (Å²) in [7, 11) is 1.59. The van der Waals surface area contributed by atoms with Gasteiger partial charge < -0.3 is 20.1 Å². The van der Waals surface area contributed by atoms with E-state index in [2.05, 4.69) is 15.6 Å². The van der Waals surface area contributed by atoms with Crippen LogP contribution in [-0.4, -0.2) is 24.1 Å². The summed E-state index contributed by atoms with van der Waals surface area (Å²) in [4.78, 5) is 16.9. The number of ether oxygens (including phenoxy) is 2. The number of aromatic nitrogens is 1. The second-order valence-electron chi connectivity index (χ2n) is 6.40. The van der Waals surface area contributed by atoms with E-state index in [9.17, 15) is 4.79 Å². The Morgan fingerprint density at radius 1 is 1.04 bits per heavy atom. The van der Waals surface area contributed by atoms with Gasteiger partial charge in [0.2, 0.25) is 0 Å². The molecule has 3 aromatic rings. The zero-order chi connectivity index (χ0) is 19.9. The van der Waals surface area contributed by atoms with Crippen molar-refractivity contribution in [1.29, 1.82) is 0 Å². The average Bonchev–Trinajstić information content (AvgIpc) is 2.69. The first-order valence-corrected chi connectivity index (χ1v) is 8.99. The molecule has 6 heteroatoms. The molecule has 28 heavy (non-hydrogen) atoms. The number of anilines is 3. The Hall–Kier alpha value is -3.54. The lowest BCUT2D eigenvalue weighted by atomic mass is 10.2. The summed E-state index contributed by atoms with van der Waals surface area (Å²) >= 11 is 0. The predicted octanol–water partition coefficient (Wildman–Crippen LogP) is 4.87. The largest absolute Gasteiger partial charge is 0.497 e. The fourth-order valence-electron chi connectivity index (χ4n) is 2.61. The number of para-hydroxylation sites is 2. The third-order valence-electron chi connectivity index (χ3n) is 3.86. The average molecular weight is 377 g/mol. The van der Waals surface area contributed by atoms with Gasteiger partial charge in [-0.15, -0.1) is 0 Å². The Morgan fingerprint density at radius 2 is 1.86 bits per heavy atom. The van der Waals surface area contributed by atoms with E-state index >= 15 is 0 Å². The number of carbonyl (C=O) groups excluding carboxylic acids is 1. The molecule has 1 aromatic heterocycles. The standard InChI is InChI=1S/C22H23N3O3/c1-15(2)28-20-10-5-4-9-19(20)25-21-13-16(11-12-23-21)22(26)24-17-7-6-8-18(14-17)27-3/h4-15H,1-3H3,(H,23,25)(H,24,26). The number of carbonyl (C=O) groups is 1. The monoisotopic (exact) mass is 377 g/mol. The third-order valence-corrected chi connectivity index (χ3v) is 3.86. The van der Waals surface area contributed by atoms with Gasteiger partial charge in [0, 0.05) is 23.5 Å². The third kappa shape index (κ3) is 5.01. The van der Waals surface area contributed by atoms with Crippen LogP contribution in [-0.2, 0) is 0 Å². The number of hydrogen-bond donors (Lipinski definition) is 2. The summed E-state index contributed by atoms with van der Waals surface area (Å²) in [6.07, 6.45) is 1.64. The van der Waals surface area contributed by atoms with Crippen LogP contribution in [0.3, 0.4) is 0 Å². The quantitative estimate of drug-likeness (QED) is 0.614.